The summed E-state index contributed by atoms with van der Waals surface area (Å²) in [6.07, 6.45) is 3.72. The number of nitrogens with zero attached hydrogens (tertiary/aromatic N) is 3. The van der Waals surface area contributed by atoms with Crippen molar-refractivity contribution in [1.29, 1.82) is 0 Å². The van der Waals surface area contributed by atoms with E-state index in [9.17, 15) is 13.6 Å². The maximum Gasteiger partial charge on any atom is 0.280 e. The quantitative estimate of drug-likeness (QED) is 0.647. The largest absolute Gasteiger partial charge is 0.495 e. The fourth-order valence-electron chi connectivity index (χ4n) is 3.46. The van der Waals surface area contributed by atoms with Gasteiger partial charge < -0.3 is 15.8 Å². The molecule has 1 saturated carbocycles. The zero-order chi connectivity index (χ0) is 20.8. The van der Waals surface area contributed by atoms with E-state index in [0.29, 0.717) is 35.4 Å². The molecule has 3 aromatic rings. The number of pyridine rings is 1. The van der Waals surface area contributed by atoms with Crippen LogP contribution in [0.2, 0.25) is 4.34 Å². The number of aromatic nitrogens is 3. The summed E-state index contributed by atoms with van der Waals surface area (Å²) in [5.41, 5.74) is 7.51. The number of methoxy groups -OCH3 is 1. The number of thiazole rings is 1. The number of carbonyl (C=O) groups is 1. The van der Waals surface area contributed by atoms with Crippen LogP contribution in [0.5, 0.6) is 5.75 Å². The molecule has 0 radical (unpaired) electrons. The number of halogens is 3. The van der Waals surface area contributed by atoms with Crippen LogP contribution in [0.25, 0.3) is 16.8 Å². The molecule has 3 N–H and O–H groups in total. The third kappa shape index (κ3) is 3.67. The maximum atomic E-state index is 14.2. The van der Waals surface area contributed by atoms with Crippen LogP contribution in [0.15, 0.2) is 24.5 Å². The number of hydrogen-bond acceptors (Lipinski definition) is 6. The minimum atomic E-state index is -3.06. The van der Waals surface area contributed by atoms with E-state index >= 15 is 0 Å². The van der Waals surface area contributed by atoms with Gasteiger partial charge in [0.15, 0.2) is 5.01 Å². The van der Waals surface area contributed by atoms with Gasteiger partial charge in [0, 0.05) is 18.0 Å². The Morgan fingerprint density at radius 2 is 2.28 bits per heavy atom. The fourth-order valence-corrected chi connectivity index (χ4v) is 4.53. The molecule has 1 amide bonds. The third-order valence-electron chi connectivity index (χ3n) is 4.98. The van der Waals surface area contributed by atoms with E-state index in [-0.39, 0.29) is 15.8 Å². The molecule has 2 atom stereocenters. The Hall–Kier alpha value is -2.30. The Morgan fingerprint density at radius 3 is 3.00 bits per heavy atom. The van der Waals surface area contributed by atoms with Crippen LogP contribution in [0, 0.1) is 0 Å². The Kier molecular flexibility index (Phi) is 5.18. The average molecular weight is 442 g/mol. The lowest BCUT2D eigenvalue weighted by Gasteiger charge is -2.36. The highest BCUT2D eigenvalue weighted by atomic mass is 35.5. The molecular weight excluding hydrogens is 424 g/mol. The first kappa shape index (κ1) is 20.0. The van der Waals surface area contributed by atoms with E-state index in [2.05, 4.69) is 15.4 Å². The number of nitrogens with two attached hydrogens (primary N) is 1. The van der Waals surface area contributed by atoms with Gasteiger partial charge in [-0.1, -0.05) is 22.9 Å². The standard InChI is InChI=1S/C18H18ClF2N5O2S/c1-28-9-4-5-12-10(7-23-26(12)8-9)13-15(19)29-17(24-13)16(27)25-14-11(22)3-2-6-18(14,20)21/h4-5,7-8,11,14H,2-3,6,22H2,1H3,(H,25,27)/t11-,14+/m0/s1. The van der Waals surface area contributed by atoms with Crippen LogP contribution in [0.3, 0.4) is 0 Å². The van der Waals surface area contributed by atoms with E-state index in [1.54, 1.807) is 36.2 Å². The number of alkyl halides is 2. The highest BCUT2D eigenvalue weighted by Crippen LogP contribution is 2.36. The lowest BCUT2D eigenvalue weighted by Crippen LogP contribution is -2.59. The Balaban J connectivity index is 1.62. The van der Waals surface area contributed by atoms with E-state index in [4.69, 9.17) is 22.1 Å². The zero-order valence-corrected chi connectivity index (χ0v) is 16.9. The molecule has 1 aliphatic rings. The van der Waals surface area contributed by atoms with E-state index in [1.165, 1.54) is 0 Å². The molecule has 0 unspecified atom stereocenters. The minimum Gasteiger partial charge on any atom is -0.495 e. The molecule has 0 aliphatic heterocycles. The van der Waals surface area contributed by atoms with Gasteiger partial charge in [0.2, 0.25) is 0 Å². The van der Waals surface area contributed by atoms with Crippen molar-refractivity contribution in [2.75, 3.05) is 7.11 Å². The molecule has 11 heteroatoms. The third-order valence-corrected chi connectivity index (χ3v) is 6.23. The first-order valence-corrected chi connectivity index (χ1v) is 10.1. The highest BCUT2D eigenvalue weighted by Gasteiger charge is 2.46. The molecular formula is C18H18ClF2N5O2S. The van der Waals surface area contributed by atoms with Gasteiger partial charge in [-0.2, -0.15) is 5.10 Å². The molecule has 1 aliphatic carbocycles. The molecule has 7 nitrogen and oxygen atoms in total. The first-order valence-electron chi connectivity index (χ1n) is 8.92. The Morgan fingerprint density at radius 1 is 1.48 bits per heavy atom. The van der Waals surface area contributed by atoms with Crippen LogP contribution in [0.1, 0.15) is 29.1 Å². The van der Waals surface area contributed by atoms with Gasteiger partial charge >= 0.3 is 0 Å². The van der Waals surface area contributed by atoms with Crippen molar-refractivity contribution in [3.05, 3.63) is 33.9 Å². The van der Waals surface area contributed by atoms with Crippen molar-refractivity contribution < 1.29 is 18.3 Å². The highest BCUT2D eigenvalue weighted by molar-refractivity contribution is 7.18. The second-order valence-corrected chi connectivity index (χ2v) is 8.47. The average Bonchev–Trinajstić information content (AvgIpc) is 3.27. The molecule has 154 valence electrons. The van der Waals surface area contributed by atoms with Crippen LogP contribution in [0.4, 0.5) is 8.78 Å². The topological polar surface area (TPSA) is 94.5 Å². The number of carbonyl (C=O) groups excluding carboxylic acids is 1. The Labute approximate surface area is 173 Å². The molecule has 4 rings (SSSR count). The molecule has 1 fully saturated rings. The summed E-state index contributed by atoms with van der Waals surface area (Å²) in [7, 11) is 1.55. The second-order valence-electron chi connectivity index (χ2n) is 6.87. The van der Waals surface area contributed by atoms with Crippen molar-refractivity contribution in [2.24, 2.45) is 5.73 Å². The number of ether oxygens (including phenoxy) is 1. The zero-order valence-electron chi connectivity index (χ0n) is 15.4. The van der Waals surface area contributed by atoms with E-state index in [0.717, 1.165) is 11.3 Å². The molecule has 29 heavy (non-hydrogen) atoms. The van der Waals surface area contributed by atoms with Crippen LogP contribution >= 0.6 is 22.9 Å². The molecule has 0 bridgehead atoms. The molecule has 0 spiro atoms. The van der Waals surface area contributed by atoms with Gasteiger partial charge in [0.25, 0.3) is 11.8 Å². The lowest BCUT2D eigenvalue weighted by molar-refractivity contribution is -0.0674. The summed E-state index contributed by atoms with van der Waals surface area (Å²) in [4.78, 5) is 16.9. The fraction of sp³-hybridized carbons (Fsp3) is 0.389. The van der Waals surface area contributed by atoms with Gasteiger partial charge in [-0.3, -0.25) is 4.79 Å². The SMILES string of the molecule is COc1ccc2c(-c3nc(C(=O)N[C@@H]4[C@@H](N)CCCC4(F)F)sc3Cl)cnn2c1. The summed E-state index contributed by atoms with van der Waals surface area (Å²) in [5, 5.41) is 6.59. The molecule has 3 aromatic heterocycles. The minimum absolute atomic E-state index is 0.00793. The molecule has 3 heterocycles. The smallest absolute Gasteiger partial charge is 0.280 e. The predicted molar refractivity (Wildman–Crippen MR) is 106 cm³/mol. The van der Waals surface area contributed by atoms with Crippen LogP contribution in [-0.4, -0.2) is 45.6 Å². The molecule has 0 saturated heterocycles. The summed E-state index contributed by atoms with van der Waals surface area (Å²) in [5.74, 6) is -3.15. The second kappa shape index (κ2) is 7.51. The molecule has 0 aromatic carbocycles. The van der Waals surface area contributed by atoms with Crippen molar-refractivity contribution in [3.8, 4) is 17.0 Å². The summed E-state index contributed by atoms with van der Waals surface area (Å²) < 4.78 is 35.4. The van der Waals surface area contributed by atoms with Gasteiger partial charge in [-0.05, 0) is 25.0 Å². The number of hydrogen-bond donors (Lipinski definition) is 2. The van der Waals surface area contributed by atoms with Gasteiger partial charge in [-0.25, -0.2) is 18.3 Å². The van der Waals surface area contributed by atoms with Gasteiger partial charge in [0.05, 0.1) is 25.0 Å². The Bertz CT molecular complexity index is 1070. The summed E-state index contributed by atoms with van der Waals surface area (Å²) >= 11 is 7.23. The summed E-state index contributed by atoms with van der Waals surface area (Å²) in [6.45, 7) is 0. The van der Waals surface area contributed by atoms with Crippen LogP contribution < -0.4 is 15.8 Å². The number of nitrogens with one attached hydrogen (secondary N) is 1. The van der Waals surface area contributed by atoms with E-state index in [1.807, 2.05) is 0 Å². The normalized spacial score (nSPS) is 21.3. The number of amides is 1. The maximum absolute atomic E-state index is 14.2. The van der Waals surface area contributed by atoms with Crippen molar-refractivity contribution in [3.63, 3.8) is 0 Å². The van der Waals surface area contributed by atoms with Crippen molar-refractivity contribution >= 4 is 34.4 Å². The predicted octanol–water partition coefficient (Wildman–Crippen LogP) is 3.36. The lowest BCUT2D eigenvalue weighted by atomic mass is 9.87. The van der Waals surface area contributed by atoms with Gasteiger partial charge in [-0.15, -0.1) is 0 Å². The van der Waals surface area contributed by atoms with Crippen LogP contribution in [-0.2, 0) is 0 Å². The van der Waals surface area contributed by atoms with Crippen molar-refractivity contribution in [1.82, 2.24) is 19.9 Å². The number of fused-ring (bicyclic) bond motifs is 1. The summed E-state index contributed by atoms with van der Waals surface area (Å²) in [6, 6.07) is 1.31. The van der Waals surface area contributed by atoms with E-state index < -0.39 is 23.9 Å². The number of rotatable bonds is 4. The first-order chi connectivity index (χ1) is 13.8. The van der Waals surface area contributed by atoms with Crippen molar-refractivity contribution in [2.45, 2.75) is 37.3 Å². The van der Waals surface area contributed by atoms with Gasteiger partial charge in [0.1, 0.15) is 21.8 Å². The monoisotopic (exact) mass is 441 g/mol.